The lowest BCUT2D eigenvalue weighted by Gasteiger charge is -2.25. The fourth-order valence-corrected chi connectivity index (χ4v) is 5.52. The third-order valence-corrected chi connectivity index (χ3v) is 7.54. The number of likely N-dealkylation sites (N-methyl/N-ethyl adjacent to an activating group) is 1. The van der Waals surface area contributed by atoms with Gasteiger partial charge >= 0.3 is 6.03 Å². The van der Waals surface area contributed by atoms with E-state index in [0.717, 1.165) is 12.1 Å². The number of phenolic OH excluding ortho intramolecular Hbond substituents is 1. The number of hydrogen-bond acceptors (Lipinski definition) is 7. The number of alkyl halides is 2. The highest BCUT2D eigenvalue weighted by Gasteiger charge is 2.32. The number of nitrogens with zero attached hydrogens (tertiary/aromatic N) is 3. The lowest BCUT2D eigenvalue weighted by Crippen LogP contribution is -2.46. The molecule has 0 unspecified atom stereocenters. The smallest absolute Gasteiger partial charge is 0.342 e. The van der Waals surface area contributed by atoms with Crippen LogP contribution in [0, 0.1) is 0 Å². The highest BCUT2D eigenvalue weighted by Crippen LogP contribution is 2.41. The summed E-state index contributed by atoms with van der Waals surface area (Å²) in [5.41, 5.74) is -0.584. The molecule has 1 atom stereocenters. The first-order chi connectivity index (χ1) is 17.4. The van der Waals surface area contributed by atoms with Gasteiger partial charge in [0, 0.05) is 32.1 Å². The number of rotatable bonds is 7. The fourth-order valence-electron chi connectivity index (χ4n) is 3.63. The Bertz CT molecular complexity index is 1380. The molecule has 11 nitrogen and oxygen atoms in total. The predicted molar refractivity (Wildman–Crippen MR) is 130 cm³/mol. The van der Waals surface area contributed by atoms with Crippen LogP contribution in [0.25, 0.3) is 0 Å². The molecule has 2 aliphatic rings. The van der Waals surface area contributed by atoms with Gasteiger partial charge in [0.05, 0.1) is 22.3 Å². The number of hydrogen-bond donors (Lipinski definition) is 3. The topological polar surface area (TPSA) is 141 Å². The van der Waals surface area contributed by atoms with Gasteiger partial charge in [-0.1, -0.05) is 23.2 Å². The van der Waals surface area contributed by atoms with E-state index in [4.69, 9.17) is 27.9 Å². The zero-order valence-corrected chi connectivity index (χ0v) is 21.2. The minimum atomic E-state index is -4.25. The number of hydrazone groups is 1. The number of urea groups is 1. The number of nitrogens with one attached hydrogen (secondary N) is 2. The van der Waals surface area contributed by atoms with E-state index in [1.807, 2.05) is 0 Å². The molecule has 0 aliphatic carbocycles. The van der Waals surface area contributed by atoms with Crippen LogP contribution in [-0.2, 0) is 14.8 Å². The molecule has 4 rings (SSSR count). The lowest BCUT2D eigenvalue weighted by atomic mass is 10.2. The Morgan fingerprint density at radius 2 is 1.89 bits per heavy atom. The van der Waals surface area contributed by atoms with Gasteiger partial charge in [-0.05, 0) is 24.3 Å². The highest BCUT2D eigenvalue weighted by molar-refractivity contribution is 7.89. The van der Waals surface area contributed by atoms with Crippen LogP contribution in [0.4, 0.5) is 19.3 Å². The number of sulfonamides is 1. The number of halogens is 4. The second kappa shape index (κ2) is 10.3. The van der Waals surface area contributed by atoms with Crippen molar-refractivity contribution in [3.63, 3.8) is 0 Å². The Morgan fingerprint density at radius 1 is 1.22 bits per heavy atom. The van der Waals surface area contributed by atoms with Crippen molar-refractivity contribution in [2.24, 2.45) is 5.10 Å². The van der Waals surface area contributed by atoms with Crippen molar-refractivity contribution in [2.45, 2.75) is 23.8 Å². The number of carbonyl (C=O) groups is 2. The van der Waals surface area contributed by atoms with Crippen LogP contribution in [0.3, 0.4) is 0 Å². The second-order valence-electron chi connectivity index (χ2n) is 8.13. The van der Waals surface area contributed by atoms with E-state index in [0.29, 0.717) is 5.01 Å². The van der Waals surface area contributed by atoms with Crippen molar-refractivity contribution in [2.75, 3.05) is 25.1 Å². The van der Waals surface area contributed by atoms with E-state index >= 15 is 0 Å². The quantitative estimate of drug-likeness (QED) is 0.461. The van der Waals surface area contributed by atoms with E-state index in [1.54, 1.807) is 7.05 Å². The Kier molecular flexibility index (Phi) is 7.46. The third kappa shape index (κ3) is 5.71. The summed E-state index contributed by atoms with van der Waals surface area (Å²) in [7, 11) is -2.70. The second-order valence-corrected chi connectivity index (χ2v) is 10.6. The molecule has 3 N–H and O–H groups in total. The third-order valence-electron chi connectivity index (χ3n) is 5.42. The lowest BCUT2D eigenvalue weighted by molar-refractivity contribution is -0.126. The van der Waals surface area contributed by atoms with Crippen LogP contribution in [-0.4, -0.2) is 68.7 Å². The maximum atomic E-state index is 13.0. The molecule has 3 amide bonds. The predicted octanol–water partition coefficient (Wildman–Crippen LogP) is 3.15. The summed E-state index contributed by atoms with van der Waals surface area (Å²) in [6, 6.07) is 4.34. The number of likely N-dealkylation sites (tertiary alicyclic amines) is 1. The summed E-state index contributed by atoms with van der Waals surface area (Å²) in [4.78, 5) is 24.7. The average Bonchev–Trinajstić information content (AvgIpc) is 3.12. The van der Waals surface area contributed by atoms with Crippen molar-refractivity contribution in [3.8, 4) is 17.2 Å². The molecule has 0 saturated carbocycles. The van der Waals surface area contributed by atoms with Crippen molar-refractivity contribution >= 4 is 56.6 Å². The number of carbonyl (C=O) groups excluding carboxylic acids is 2. The molecule has 198 valence electrons. The van der Waals surface area contributed by atoms with Gasteiger partial charge in [-0.2, -0.15) is 10.1 Å². The van der Waals surface area contributed by atoms with Gasteiger partial charge in [-0.15, -0.1) is 0 Å². The largest absolute Gasteiger partial charge is 0.507 e. The summed E-state index contributed by atoms with van der Waals surface area (Å²) >= 11 is 12.5. The standard InChI is InChI=1S/C21H19Cl2F2N5O6S/c1-29-9-10(4-18(29)32)28-37(34,35)17-7-12(2-3-16(17)31)36-19-13(22)5-11(6-14(19)23)30-21(33)26-8-15(27-30)20(24)25/h2-3,5-7,10,20,28,31H,4,8-9H2,1H3,(H,26,33)/t10-/m0/s1. The monoisotopic (exact) mass is 577 g/mol. The van der Waals surface area contributed by atoms with E-state index in [2.05, 4.69) is 15.1 Å². The molecule has 0 bridgehead atoms. The first kappa shape index (κ1) is 26.9. The van der Waals surface area contributed by atoms with Crippen molar-refractivity contribution in [1.29, 1.82) is 0 Å². The normalized spacial score (nSPS) is 18.3. The Balaban J connectivity index is 1.59. The number of phenols is 1. The molecule has 2 aliphatic heterocycles. The molecule has 37 heavy (non-hydrogen) atoms. The summed E-state index contributed by atoms with van der Waals surface area (Å²) in [5.74, 6) is -0.982. The van der Waals surface area contributed by atoms with Gasteiger partial charge in [0.1, 0.15) is 22.1 Å². The summed E-state index contributed by atoms with van der Waals surface area (Å²) in [6.07, 6.45) is -2.91. The van der Waals surface area contributed by atoms with Crippen molar-refractivity contribution in [1.82, 2.24) is 14.9 Å². The molecule has 0 spiro atoms. The first-order valence-electron chi connectivity index (χ1n) is 10.6. The van der Waals surface area contributed by atoms with Crippen LogP contribution >= 0.6 is 23.2 Å². The van der Waals surface area contributed by atoms with E-state index in [1.165, 1.54) is 23.1 Å². The maximum absolute atomic E-state index is 13.0. The minimum absolute atomic E-state index is 0.0213. The molecule has 2 aromatic carbocycles. The number of anilines is 1. The van der Waals surface area contributed by atoms with Gasteiger partial charge < -0.3 is 20.1 Å². The molecular weight excluding hydrogens is 559 g/mol. The molecular formula is C21H19Cl2F2N5O6S. The highest BCUT2D eigenvalue weighted by atomic mass is 35.5. The molecule has 16 heteroatoms. The SMILES string of the molecule is CN1C[C@@H](NS(=O)(=O)c2cc(Oc3c(Cl)cc(N4N=C(C(F)F)CNC4=O)cc3Cl)ccc2O)CC1=O. The zero-order valence-electron chi connectivity index (χ0n) is 18.9. The molecule has 0 aromatic heterocycles. The van der Waals surface area contributed by atoms with Crippen LogP contribution in [0.5, 0.6) is 17.2 Å². The first-order valence-corrected chi connectivity index (χ1v) is 12.8. The van der Waals surface area contributed by atoms with Crippen LogP contribution in [0.15, 0.2) is 40.3 Å². The van der Waals surface area contributed by atoms with E-state index < -0.39 is 51.4 Å². The molecule has 1 fully saturated rings. The Hall–Kier alpha value is -3.20. The van der Waals surface area contributed by atoms with Crippen LogP contribution in [0.1, 0.15) is 6.42 Å². The number of amides is 3. The molecule has 2 heterocycles. The van der Waals surface area contributed by atoms with Crippen LogP contribution in [0.2, 0.25) is 10.0 Å². The number of aromatic hydroxyl groups is 1. The molecule has 2 aromatic rings. The summed E-state index contributed by atoms with van der Waals surface area (Å²) in [6.45, 7) is -0.241. The fraction of sp³-hybridized carbons (Fsp3) is 0.286. The van der Waals surface area contributed by atoms with Gasteiger partial charge in [-0.25, -0.2) is 26.7 Å². The zero-order chi connectivity index (χ0) is 27.1. The van der Waals surface area contributed by atoms with Gasteiger partial charge in [0.2, 0.25) is 15.9 Å². The average molecular weight is 578 g/mol. The molecule has 1 saturated heterocycles. The number of benzene rings is 2. The van der Waals surface area contributed by atoms with Crippen LogP contribution < -0.4 is 19.8 Å². The Morgan fingerprint density at radius 3 is 2.49 bits per heavy atom. The van der Waals surface area contributed by atoms with Crippen molar-refractivity contribution < 1.29 is 36.6 Å². The molecule has 0 radical (unpaired) electrons. The summed E-state index contributed by atoms with van der Waals surface area (Å²) < 4.78 is 59.8. The van der Waals surface area contributed by atoms with Gasteiger partial charge in [0.15, 0.2) is 5.75 Å². The van der Waals surface area contributed by atoms with E-state index in [-0.39, 0.29) is 46.1 Å². The maximum Gasteiger partial charge on any atom is 0.342 e. The number of ether oxygens (including phenoxy) is 1. The minimum Gasteiger partial charge on any atom is -0.507 e. The van der Waals surface area contributed by atoms with Gasteiger partial charge in [0.25, 0.3) is 6.43 Å². The summed E-state index contributed by atoms with van der Waals surface area (Å²) in [5, 5.41) is 16.5. The Labute approximate surface area is 219 Å². The van der Waals surface area contributed by atoms with E-state index in [9.17, 15) is 31.9 Å². The van der Waals surface area contributed by atoms with Crippen molar-refractivity contribution in [3.05, 3.63) is 40.4 Å². The van der Waals surface area contributed by atoms with Gasteiger partial charge in [-0.3, -0.25) is 4.79 Å².